The van der Waals surface area contributed by atoms with Crippen LogP contribution in [0.15, 0.2) is 36.4 Å². The maximum Gasteiger partial charge on any atom is 0.310 e. The molecule has 4 bridgehead atoms. The van der Waals surface area contributed by atoms with Gasteiger partial charge in [-0.1, -0.05) is 42.5 Å². The van der Waals surface area contributed by atoms with E-state index in [0.717, 1.165) is 17.4 Å². The summed E-state index contributed by atoms with van der Waals surface area (Å²) >= 11 is 0. The first-order chi connectivity index (χ1) is 10.7. The van der Waals surface area contributed by atoms with Crippen molar-refractivity contribution in [3.05, 3.63) is 42.0 Å². The molecule has 1 aromatic rings. The molecule has 2 heteroatoms. The number of benzene rings is 1. The van der Waals surface area contributed by atoms with E-state index in [1.165, 1.54) is 32.1 Å². The fourth-order valence-corrected chi connectivity index (χ4v) is 5.71. The highest BCUT2D eigenvalue weighted by molar-refractivity contribution is 5.74. The van der Waals surface area contributed by atoms with Crippen molar-refractivity contribution in [3.63, 3.8) is 0 Å². The first-order valence-electron chi connectivity index (χ1n) is 8.66. The fraction of sp³-hybridized carbons (Fsp3) is 0.550. The van der Waals surface area contributed by atoms with E-state index in [9.17, 15) is 9.90 Å². The Balaban J connectivity index is 1.57. The molecule has 4 aliphatic carbocycles. The zero-order valence-corrected chi connectivity index (χ0v) is 12.9. The lowest BCUT2D eigenvalue weighted by Gasteiger charge is -2.55. The molecular weight excluding hydrogens is 272 g/mol. The van der Waals surface area contributed by atoms with E-state index in [1.54, 1.807) is 0 Å². The molecule has 2 nitrogen and oxygen atoms in total. The minimum atomic E-state index is -0.635. The molecule has 4 fully saturated rings. The van der Waals surface area contributed by atoms with Gasteiger partial charge in [0, 0.05) is 0 Å². The predicted octanol–water partition coefficient (Wildman–Crippen LogP) is 4.47. The van der Waals surface area contributed by atoms with Crippen LogP contribution in [-0.2, 0) is 4.79 Å². The Labute approximate surface area is 132 Å². The Kier molecular flexibility index (Phi) is 3.56. The molecule has 1 N–H and O–H groups in total. The van der Waals surface area contributed by atoms with Crippen LogP contribution in [0, 0.1) is 35.5 Å². The summed E-state index contributed by atoms with van der Waals surface area (Å²) in [6.45, 7) is 0. The summed E-state index contributed by atoms with van der Waals surface area (Å²) in [6.07, 6.45) is 10.5. The Bertz CT molecular complexity index is 547. The number of aliphatic carboxylic acids is 1. The third-order valence-electron chi connectivity index (χ3n) is 6.30. The second-order valence-corrected chi connectivity index (χ2v) is 7.64. The number of carboxylic acids is 1. The van der Waals surface area contributed by atoms with E-state index >= 15 is 0 Å². The van der Waals surface area contributed by atoms with Crippen molar-refractivity contribution in [2.24, 2.45) is 35.5 Å². The summed E-state index contributed by atoms with van der Waals surface area (Å²) in [6, 6.07) is 10.1. The van der Waals surface area contributed by atoms with Gasteiger partial charge in [-0.15, -0.1) is 0 Å². The molecule has 5 rings (SSSR count). The van der Waals surface area contributed by atoms with Gasteiger partial charge in [0.15, 0.2) is 0 Å². The van der Waals surface area contributed by atoms with Crippen molar-refractivity contribution in [2.75, 3.05) is 0 Å². The Morgan fingerprint density at radius 2 is 1.59 bits per heavy atom. The van der Waals surface area contributed by atoms with Gasteiger partial charge in [-0.3, -0.25) is 4.79 Å². The first-order valence-corrected chi connectivity index (χ1v) is 8.66. The lowest BCUT2D eigenvalue weighted by Crippen LogP contribution is -2.48. The quantitative estimate of drug-likeness (QED) is 0.890. The minimum Gasteiger partial charge on any atom is -0.481 e. The molecule has 4 saturated carbocycles. The van der Waals surface area contributed by atoms with Crippen molar-refractivity contribution in [2.45, 2.75) is 32.1 Å². The molecule has 0 spiro atoms. The second-order valence-electron chi connectivity index (χ2n) is 7.64. The smallest absolute Gasteiger partial charge is 0.310 e. The number of rotatable bonds is 4. The molecule has 0 amide bonds. The molecule has 0 aromatic heterocycles. The highest BCUT2D eigenvalue weighted by atomic mass is 16.4. The number of hydrogen-bond acceptors (Lipinski definition) is 1. The topological polar surface area (TPSA) is 37.3 Å². The third-order valence-corrected chi connectivity index (χ3v) is 6.30. The van der Waals surface area contributed by atoms with E-state index in [4.69, 9.17) is 0 Å². The van der Waals surface area contributed by atoms with E-state index < -0.39 is 5.97 Å². The monoisotopic (exact) mass is 296 g/mol. The van der Waals surface area contributed by atoms with Gasteiger partial charge >= 0.3 is 5.97 Å². The summed E-state index contributed by atoms with van der Waals surface area (Å²) in [4.78, 5) is 11.9. The summed E-state index contributed by atoms with van der Waals surface area (Å²) in [5, 5.41) is 9.78. The van der Waals surface area contributed by atoms with Gasteiger partial charge in [0.2, 0.25) is 0 Å². The van der Waals surface area contributed by atoms with E-state index in [2.05, 4.69) is 0 Å². The maximum absolute atomic E-state index is 11.9. The molecule has 1 aromatic carbocycles. The van der Waals surface area contributed by atoms with Crippen LogP contribution in [0.25, 0.3) is 6.08 Å². The molecular formula is C20H24O2. The lowest BCUT2D eigenvalue weighted by molar-refractivity contribution is -0.148. The molecule has 22 heavy (non-hydrogen) atoms. The van der Waals surface area contributed by atoms with Gasteiger partial charge in [-0.05, 0) is 67.3 Å². The summed E-state index contributed by atoms with van der Waals surface area (Å²) < 4.78 is 0. The Hall–Kier alpha value is -1.57. The molecule has 116 valence electrons. The largest absolute Gasteiger partial charge is 0.481 e. The van der Waals surface area contributed by atoms with Crippen molar-refractivity contribution in [1.82, 2.24) is 0 Å². The fourth-order valence-electron chi connectivity index (χ4n) is 5.71. The van der Waals surface area contributed by atoms with Crippen LogP contribution in [0.1, 0.15) is 37.7 Å². The van der Waals surface area contributed by atoms with Crippen molar-refractivity contribution in [1.29, 1.82) is 0 Å². The first kappa shape index (κ1) is 14.0. The SMILES string of the molecule is O=C(O)C(C=Cc1ccccc1)C1C2CC3CC(C2)CC1C3. The van der Waals surface area contributed by atoms with E-state index in [0.29, 0.717) is 17.8 Å². The zero-order chi connectivity index (χ0) is 15.1. The van der Waals surface area contributed by atoms with E-state index in [1.807, 2.05) is 42.5 Å². The average molecular weight is 296 g/mol. The normalized spacial score (nSPS) is 37.5. The Morgan fingerprint density at radius 3 is 2.14 bits per heavy atom. The molecule has 1 unspecified atom stereocenters. The van der Waals surface area contributed by atoms with Gasteiger partial charge in [0.05, 0.1) is 5.92 Å². The average Bonchev–Trinajstić information content (AvgIpc) is 2.50. The van der Waals surface area contributed by atoms with Crippen LogP contribution in [0.5, 0.6) is 0 Å². The van der Waals surface area contributed by atoms with Gasteiger partial charge in [0.25, 0.3) is 0 Å². The van der Waals surface area contributed by atoms with Crippen LogP contribution >= 0.6 is 0 Å². The maximum atomic E-state index is 11.9. The molecule has 0 saturated heterocycles. The van der Waals surface area contributed by atoms with Crippen molar-refractivity contribution < 1.29 is 9.90 Å². The van der Waals surface area contributed by atoms with Gasteiger partial charge < -0.3 is 5.11 Å². The highest BCUT2D eigenvalue weighted by Crippen LogP contribution is 2.58. The zero-order valence-electron chi connectivity index (χ0n) is 12.9. The summed E-state index contributed by atoms with van der Waals surface area (Å²) in [5.74, 6) is 2.51. The highest BCUT2D eigenvalue weighted by Gasteiger charge is 2.51. The van der Waals surface area contributed by atoms with Gasteiger partial charge in [-0.25, -0.2) is 0 Å². The summed E-state index contributed by atoms with van der Waals surface area (Å²) in [5.41, 5.74) is 1.09. The lowest BCUT2D eigenvalue weighted by atomic mass is 9.49. The predicted molar refractivity (Wildman–Crippen MR) is 87.1 cm³/mol. The van der Waals surface area contributed by atoms with Crippen molar-refractivity contribution >= 4 is 12.0 Å². The molecule has 0 aliphatic heterocycles. The van der Waals surface area contributed by atoms with Crippen LogP contribution < -0.4 is 0 Å². The summed E-state index contributed by atoms with van der Waals surface area (Å²) in [7, 11) is 0. The molecule has 0 heterocycles. The number of carboxylic acid groups (broad SMARTS) is 1. The molecule has 0 radical (unpaired) electrons. The number of hydrogen-bond donors (Lipinski definition) is 1. The standard InChI is InChI=1S/C20H24O2/c21-20(22)18(7-6-13-4-2-1-3-5-13)19-16-9-14-8-15(11-16)12-17(19)10-14/h1-7,14-19H,8-12H2,(H,21,22). The van der Waals surface area contributed by atoms with E-state index in [-0.39, 0.29) is 5.92 Å². The van der Waals surface area contributed by atoms with Crippen LogP contribution in [-0.4, -0.2) is 11.1 Å². The van der Waals surface area contributed by atoms with Crippen LogP contribution in [0.4, 0.5) is 0 Å². The van der Waals surface area contributed by atoms with Gasteiger partial charge in [-0.2, -0.15) is 0 Å². The van der Waals surface area contributed by atoms with Crippen molar-refractivity contribution in [3.8, 4) is 0 Å². The van der Waals surface area contributed by atoms with Crippen LogP contribution in [0.2, 0.25) is 0 Å². The minimum absolute atomic E-state index is 0.310. The number of carbonyl (C=O) groups is 1. The Morgan fingerprint density at radius 1 is 1.00 bits per heavy atom. The van der Waals surface area contributed by atoms with Gasteiger partial charge in [0.1, 0.15) is 0 Å². The molecule has 4 aliphatic rings. The second kappa shape index (κ2) is 5.57. The third kappa shape index (κ3) is 2.49. The molecule has 1 atom stereocenters. The van der Waals surface area contributed by atoms with Crippen LogP contribution in [0.3, 0.4) is 0 Å².